The van der Waals surface area contributed by atoms with Gasteiger partial charge in [0.15, 0.2) is 0 Å². The highest BCUT2D eigenvalue weighted by molar-refractivity contribution is 5.94. The lowest BCUT2D eigenvalue weighted by molar-refractivity contribution is 0.0950. The number of hydrogen-bond acceptors (Lipinski definition) is 6. The lowest BCUT2D eigenvalue weighted by Crippen LogP contribution is -2.37. The molecule has 0 aliphatic carbocycles. The van der Waals surface area contributed by atoms with Gasteiger partial charge in [0.25, 0.3) is 5.91 Å². The summed E-state index contributed by atoms with van der Waals surface area (Å²) in [4.78, 5) is 23.2. The predicted octanol–water partition coefficient (Wildman–Crippen LogP) is 1.64. The fourth-order valence-corrected chi connectivity index (χ4v) is 2.57. The highest BCUT2D eigenvalue weighted by Gasteiger charge is 2.13. The Morgan fingerprint density at radius 2 is 2.00 bits per heavy atom. The second-order valence-electron chi connectivity index (χ2n) is 5.57. The Balaban J connectivity index is 1.58. The number of nitrogens with zero attached hydrogens (tertiary/aromatic N) is 3. The topological polar surface area (TPSA) is 76.6 Å². The van der Waals surface area contributed by atoms with Gasteiger partial charge in [0.2, 0.25) is 0 Å². The van der Waals surface area contributed by atoms with Crippen molar-refractivity contribution in [2.45, 2.75) is 13.5 Å². The highest BCUT2D eigenvalue weighted by Crippen LogP contribution is 2.13. The lowest BCUT2D eigenvalue weighted by Gasteiger charge is -2.27. The van der Waals surface area contributed by atoms with E-state index in [0.29, 0.717) is 31.2 Å². The molecule has 0 radical (unpaired) electrons. The molecule has 0 bridgehead atoms. The van der Waals surface area contributed by atoms with Gasteiger partial charge in [-0.1, -0.05) is 0 Å². The molecule has 1 N–H and O–H groups in total. The fourth-order valence-electron chi connectivity index (χ4n) is 2.57. The van der Waals surface area contributed by atoms with E-state index in [1.54, 1.807) is 30.5 Å². The van der Waals surface area contributed by atoms with E-state index >= 15 is 0 Å². The third-order valence-corrected chi connectivity index (χ3v) is 3.86. The molecule has 25 heavy (non-hydrogen) atoms. The van der Waals surface area contributed by atoms with Gasteiger partial charge in [0, 0.05) is 24.8 Å². The third-order valence-electron chi connectivity index (χ3n) is 3.86. The van der Waals surface area contributed by atoms with Crippen molar-refractivity contribution in [3.8, 4) is 5.75 Å². The van der Waals surface area contributed by atoms with Gasteiger partial charge in [-0.25, -0.2) is 9.97 Å². The standard InChI is InChI=1S/C18H22N4O3/c1-2-25-15-5-3-14(4-6-15)18(23)20-13-16-19-8-7-17(21-16)22-9-11-24-12-10-22/h3-8H,2,9-13H2,1H3,(H,20,23). The first-order chi connectivity index (χ1) is 12.3. The van der Waals surface area contributed by atoms with Crippen LogP contribution in [0.4, 0.5) is 5.82 Å². The first-order valence-corrected chi connectivity index (χ1v) is 8.42. The Hall–Kier alpha value is -2.67. The van der Waals surface area contributed by atoms with E-state index in [1.807, 2.05) is 13.0 Å². The number of carbonyl (C=O) groups excluding carboxylic acids is 1. The van der Waals surface area contributed by atoms with Crippen molar-refractivity contribution in [3.05, 3.63) is 47.9 Å². The first-order valence-electron chi connectivity index (χ1n) is 8.42. The molecule has 0 spiro atoms. The van der Waals surface area contributed by atoms with Gasteiger partial charge in [0.1, 0.15) is 17.4 Å². The van der Waals surface area contributed by atoms with E-state index in [-0.39, 0.29) is 12.5 Å². The van der Waals surface area contributed by atoms with Crippen molar-refractivity contribution in [1.82, 2.24) is 15.3 Å². The maximum atomic E-state index is 12.2. The maximum absolute atomic E-state index is 12.2. The van der Waals surface area contributed by atoms with Crippen LogP contribution < -0.4 is 15.0 Å². The minimum absolute atomic E-state index is 0.163. The Labute approximate surface area is 147 Å². The normalized spacial score (nSPS) is 14.2. The Kier molecular flexibility index (Phi) is 5.79. The summed E-state index contributed by atoms with van der Waals surface area (Å²) in [6, 6.07) is 8.93. The molecule has 0 saturated carbocycles. The van der Waals surface area contributed by atoms with Crippen LogP contribution in [0.1, 0.15) is 23.1 Å². The number of benzene rings is 1. The van der Waals surface area contributed by atoms with E-state index < -0.39 is 0 Å². The smallest absolute Gasteiger partial charge is 0.251 e. The summed E-state index contributed by atoms with van der Waals surface area (Å²) in [5.74, 6) is 2.04. The van der Waals surface area contributed by atoms with Gasteiger partial charge in [0.05, 0.1) is 26.4 Å². The monoisotopic (exact) mass is 342 g/mol. The van der Waals surface area contributed by atoms with Gasteiger partial charge in [-0.15, -0.1) is 0 Å². The minimum atomic E-state index is -0.163. The molecule has 1 fully saturated rings. The Morgan fingerprint density at radius 1 is 1.24 bits per heavy atom. The zero-order valence-corrected chi connectivity index (χ0v) is 14.3. The molecule has 132 valence electrons. The predicted molar refractivity (Wildman–Crippen MR) is 93.8 cm³/mol. The molecule has 1 aromatic heterocycles. The zero-order chi connectivity index (χ0) is 17.5. The lowest BCUT2D eigenvalue weighted by atomic mass is 10.2. The second-order valence-corrected chi connectivity index (χ2v) is 5.57. The molecule has 1 amide bonds. The van der Waals surface area contributed by atoms with Crippen LogP contribution in [0.15, 0.2) is 36.5 Å². The molecule has 7 heteroatoms. The molecule has 1 aromatic carbocycles. The average Bonchev–Trinajstić information content (AvgIpc) is 2.68. The zero-order valence-electron chi connectivity index (χ0n) is 14.3. The van der Waals surface area contributed by atoms with Gasteiger partial charge < -0.3 is 19.7 Å². The van der Waals surface area contributed by atoms with Crippen LogP contribution in [-0.4, -0.2) is 48.8 Å². The summed E-state index contributed by atoms with van der Waals surface area (Å²) in [5, 5.41) is 2.85. The molecule has 7 nitrogen and oxygen atoms in total. The summed E-state index contributed by atoms with van der Waals surface area (Å²) in [6.07, 6.45) is 1.72. The van der Waals surface area contributed by atoms with Crippen molar-refractivity contribution < 1.29 is 14.3 Å². The first kappa shape index (κ1) is 17.2. The molecule has 2 heterocycles. The number of nitrogens with one attached hydrogen (secondary N) is 1. The summed E-state index contributed by atoms with van der Waals surface area (Å²) in [7, 11) is 0. The van der Waals surface area contributed by atoms with Gasteiger partial charge in [-0.3, -0.25) is 4.79 Å². The minimum Gasteiger partial charge on any atom is -0.494 e. The van der Waals surface area contributed by atoms with Crippen molar-refractivity contribution >= 4 is 11.7 Å². The van der Waals surface area contributed by atoms with E-state index in [9.17, 15) is 4.79 Å². The summed E-state index contributed by atoms with van der Waals surface area (Å²) >= 11 is 0. The number of anilines is 1. The number of carbonyl (C=O) groups is 1. The SMILES string of the molecule is CCOc1ccc(C(=O)NCc2nccc(N3CCOCC3)n2)cc1. The molecular weight excluding hydrogens is 320 g/mol. The third kappa shape index (κ3) is 4.67. The van der Waals surface area contributed by atoms with E-state index in [1.165, 1.54) is 0 Å². The van der Waals surface area contributed by atoms with E-state index in [0.717, 1.165) is 24.7 Å². The van der Waals surface area contributed by atoms with Crippen LogP contribution >= 0.6 is 0 Å². The van der Waals surface area contributed by atoms with Crippen molar-refractivity contribution in [2.75, 3.05) is 37.8 Å². The van der Waals surface area contributed by atoms with Crippen LogP contribution in [0.5, 0.6) is 5.75 Å². The van der Waals surface area contributed by atoms with Crippen LogP contribution in [0.2, 0.25) is 0 Å². The number of aromatic nitrogens is 2. The molecule has 1 aliphatic rings. The van der Waals surface area contributed by atoms with Crippen molar-refractivity contribution in [3.63, 3.8) is 0 Å². The number of hydrogen-bond donors (Lipinski definition) is 1. The van der Waals surface area contributed by atoms with E-state index in [4.69, 9.17) is 9.47 Å². The Bertz CT molecular complexity index is 700. The molecular formula is C18H22N4O3. The maximum Gasteiger partial charge on any atom is 0.251 e. The van der Waals surface area contributed by atoms with Crippen molar-refractivity contribution in [2.24, 2.45) is 0 Å². The summed E-state index contributed by atoms with van der Waals surface area (Å²) in [5.41, 5.74) is 0.577. The molecule has 1 aliphatic heterocycles. The van der Waals surface area contributed by atoms with Crippen LogP contribution in [0.3, 0.4) is 0 Å². The molecule has 2 aromatic rings. The summed E-state index contributed by atoms with van der Waals surface area (Å²) in [6.45, 7) is 5.84. The summed E-state index contributed by atoms with van der Waals surface area (Å²) < 4.78 is 10.7. The quantitative estimate of drug-likeness (QED) is 0.860. The average molecular weight is 342 g/mol. The van der Waals surface area contributed by atoms with Crippen LogP contribution in [0.25, 0.3) is 0 Å². The fraction of sp³-hybridized carbons (Fsp3) is 0.389. The van der Waals surface area contributed by atoms with Gasteiger partial charge in [-0.05, 0) is 37.3 Å². The molecule has 0 atom stereocenters. The molecule has 3 rings (SSSR count). The number of rotatable bonds is 6. The second kappa shape index (κ2) is 8.43. The van der Waals surface area contributed by atoms with Crippen LogP contribution in [0, 0.1) is 0 Å². The molecule has 1 saturated heterocycles. The van der Waals surface area contributed by atoms with E-state index in [2.05, 4.69) is 20.2 Å². The highest BCUT2D eigenvalue weighted by atomic mass is 16.5. The van der Waals surface area contributed by atoms with Gasteiger partial charge >= 0.3 is 0 Å². The largest absolute Gasteiger partial charge is 0.494 e. The van der Waals surface area contributed by atoms with Crippen molar-refractivity contribution in [1.29, 1.82) is 0 Å². The number of amides is 1. The number of morpholine rings is 1. The van der Waals surface area contributed by atoms with Crippen LogP contribution in [-0.2, 0) is 11.3 Å². The van der Waals surface area contributed by atoms with Gasteiger partial charge in [-0.2, -0.15) is 0 Å². The Morgan fingerprint density at radius 3 is 2.72 bits per heavy atom. The molecule has 0 unspecified atom stereocenters. The number of ether oxygens (including phenoxy) is 2.